The Kier molecular flexibility index (Phi) is 4.46. The summed E-state index contributed by atoms with van der Waals surface area (Å²) in [4.78, 5) is 0. The van der Waals surface area contributed by atoms with Gasteiger partial charge in [-0.1, -0.05) is 29.8 Å². The van der Waals surface area contributed by atoms with Gasteiger partial charge in [0.1, 0.15) is 0 Å². The van der Waals surface area contributed by atoms with Gasteiger partial charge in [0.2, 0.25) is 0 Å². The number of thioether (sulfide) groups is 1. The van der Waals surface area contributed by atoms with E-state index < -0.39 is 0 Å². The lowest BCUT2D eigenvalue weighted by Crippen LogP contribution is -1.73. The third-order valence-corrected chi connectivity index (χ3v) is 3.85. The number of rotatable bonds is 2. The summed E-state index contributed by atoms with van der Waals surface area (Å²) in [6, 6.07) is 7.84. The third kappa shape index (κ3) is 2.99. The number of hydrogen-bond acceptors (Lipinski definition) is 1. The van der Waals surface area contributed by atoms with E-state index in [0.717, 1.165) is 10.6 Å². The van der Waals surface area contributed by atoms with Gasteiger partial charge in [-0.25, -0.2) is 0 Å². The fourth-order valence-electron chi connectivity index (χ4n) is 0.773. The van der Waals surface area contributed by atoms with Gasteiger partial charge < -0.3 is 0 Å². The molecule has 1 aromatic carbocycles. The zero-order valence-electron chi connectivity index (χ0n) is 6.55. The molecule has 1 aromatic rings. The summed E-state index contributed by atoms with van der Waals surface area (Å²) >= 11 is 9.98. The topological polar surface area (TPSA) is 0 Å². The van der Waals surface area contributed by atoms with E-state index in [1.807, 2.05) is 24.3 Å². The molecular formula is C9H8ClIS. The minimum absolute atomic E-state index is 0.806. The first-order valence-electron chi connectivity index (χ1n) is 3.40. The van der Waals surface area contributed by atoms with Crippen molar-refractivity contribution in [2.45, 2.75) is 0 Å². The molecular weight excluding hydrogens is 303 g/mol. The van der Waals surface area contributed by atoms with Crippen molar-refractivity contribution in [2.75, 3.05) is 6.26 Å². The first kappa shape index (κ1) is 10.4. The molecule has 0 saturated heterocycles. The van der Waals surface area contributed by atoms with Crippen LogP contribution in [-0.4, -0.2) is 6.26 Å². The lowest BCUT2D eigenvalue weighted by atomic mass is 10.2. The fourth-order valence-corrected chi connectivity index (χ4v) is 1.54. The summed E-state index contributed by atoms with van der Waals surface area (Å²) in [5, 5.41) is 0.806. The van der Waals surface area contributed by atoms with Crippen LogP contribution in [0.3, 0.4) is 0 Å². The quantitative estimate of drug-likeness (QED) is 0.728. The lowest BCUT2D eigenvalue weighted by Gasteiger charge is -1.97. The van der Waals surface area contributed by atoms with Crippen molar-refractivity contribution in [3.8, 4) is 0 Å². The molecule has 0 aliphatic carbocycles. The van der Waals surface area contributed by atoms with Crippen LogP contribution in [0.2, 0.25) is 5.02 Å². The van der Waals surface area contributed by atoms with Crippen LogP contribution in [-0.2, 0) is 0 Å². The maximum absolute atomic E-state index is 5.97. The second kappa shape index (κ2) is 5.14. The third-order valence-electron chi connectivity index (χ3n) is 1.37. The SMILES string of the molecule is CS/C(I)=C/c1ccccc1Cl. The highest BCUT2D eigenvalue weighted by Gasteiger charge is 1.95. The van der Waals surface area contributed by atoms with Crippen molar-refractivity contribution in [1.82, 2.24) is 0 Å². The summed E-state index contributed by atoms with van der Waals surface area (Å²) in [6.45, 7) is 0. The van der Waals surface area contributed by atoms with E-state index in [4.69, 9.17) is 11.6 Å². The Balaban J connectivity index is 2.96. The molecule has 0 amide bonds. The van der Waals surface area contributed by atoms with Crippen molar-refractivity contribution < 1.29 is 0 Å². The second-order valence-electron chi connectivity index (χ2n) is 2.17. The fraction of sp³-hybridized carbons (Fsp3) is 0.111. The van der Waals surface area contributed by atoms with Gasteiger partial charge in [-0.2, -0.15) is 0 Å². The van der Waals surface area contributed by atoms with Crippen LogP contribution in [0.25, 0.3) is 6.08 Å². The summed E-state index contributed by atoms with van der Waals surface area (Å²) in [6.07, 6.45) is 4.13. The summed E-state index contributed by atoms with van der Waals surface area (Å²) in [7, 11) is 0. The Morgan fingerprint density at radius 2 is 2.17 bits per heavy atom. The molecule has 0 saturated carbocycles. The van der Waals surface area contributed by atoms with E-state index in [-0.39, 0.29) is 0 Å². The molecule has 0 aliphatic heterocycles. The highest BCUT2D eigenvalue weighted by atomic mass is 127. The zero-order valence-corrected chi connectivity index (χ0v) is 10.3. The van der Waals surface area contributed by atoms with Crippen molar-refractivity contribution in [3.63, 3.8) is 0 Å². The lowest BCUT2D eigenvalue weighted by molar-refractivity contribution is 1.66. The van der Waals surface area contributed by atoms with Crippen LogP contribution in [0.15, 0.2) is 27.2 Å². The summed E-state index contributed by atoms with van der Waals surface area (Å²) in [5.74, 6) is 0. The van der Waals surface area contributed by atoms with Crippen LogP contribution in [0.4, 0.5) is 0 Å². The highest BCUT2D eigenvalue weighted by molar-refractivity contribution is 14.1. The molecule has 0 N–H and O–H groups in total. The van der Waals surface area contributed by atoms with Crippen LogP contribution in [0.1, 0.15) is 5.56 Å². The predicted octanol–water partition coefficient (Wildman–Crippen LogP) is 4.44. The normalized spacial score (nSPS) is 11.8. The predicted molar refractivity (Wildman–Crippen MR) is 67.0 cm³/mol. The second-order valence-corrected chi connectivity index (χ2v) is 5.32. The van der Waals surface area contributed by atoms with Gasteiger partial charge in [0.05, 0.1) is 0 Å². The maximum Gasteiger partial charge on any atom is 0.0478 e. The number of hydrogen-bond donors (Lipinski definition) is 0. The van der Waals surface area contributed by atoms with Crippen LogP contribution in [0.5, 0.6) is 0 Å². The first-order chi connectivity index (χ1) is 5.74. The summed E-state index contributed by atoms with van der Waals surface area (Å²) in [5.41, 5.74) is 1.08. The molecule has 12 heavy (non-hydrogen) atoms. The molecule has 0 aromatic heterocycles. The van der Waals surface area contributed by atoms with Crippen molar-refractivity contribution >= 4 is 52.0 Å². The van der Waals surface area contributed by atoms with Gasteiger partial charge in [-0.15, -0.1) is 11.8 Å². The molecule has 0 aliphatic rings. The van der Waals surface area contributed by atoms with Crippen LogP contribution in [0, 0.1) is 0 Å². The van der Waals surface area contributed by atoms with Gasteiger partial charge in [0.15, 0.2) is 0 Å². The van der Waals surface area contributed by atoms with Gasteiger partial charge >= 0.3 is 0 Å². The van der Waals surface area contributed by atoms with E-state index in [1.54, 1.807) is 11.8 Å². The Hall–Kier alpha value is 0.330. The highest BCUT2D eigenvalue weighted by Crippen LogP contribution is 2.26. The number of benzene rings is 1. The molecule has 0 heterocycles. The van der Waals surface area contributed by atoms with E-state index in [2.05, 4.69) is 34.9 Å². The average molecular weight is 311 g/mol. The molecule has 0 nitrogen and oxygen atoms in total. The Morgan fingerprint density at radius 3 is 2.75 bits per heavy atom. The van der Waals surface area contributed by atoms with E-state index in [0.29, 0.717) is 0 Å². The van der Waals surface area contributed by atoms with Gasteiger partial charge in [-0.05, 0) is 46.6 Å². The smallest absolute Gasteiger partial charge is 0.0478 e. The molecule has 0 fully saturated rings. The number of halogens is 2. The average Bonchev–Trinajstić information content (AvgIpc) is 2.09. The minimum Gasteiger partial charge on any atom is -0.123 e. The molecule has 0 radical (unpaired) electrons. The molecule has 0 unspecified atom stereocenters. The summed E-state index contributed by atoms with van der Waals surface area (Å²) < 4.78 is 1.24. The van der Waals surface area contributed by atoms with E-state index in [9.17, 15) is 0 Å². The maximum atomic E-state index is 5.97. The molecule has 64 valence electrons. The van der Waals surface area contributed by atoms with E-state index >= 15 is 0 Å². The monoisotopic (exact) mass is 310 g/mol. The Bertz CT molecular complexity index is 296. The molecule has 1 rings (SSSR count). The van der Waals surface area contributed by atoms with Crippen molar-refractivity contribution in [1.29, 1.82) is 0 Å². The Morgan fingerprint density at radius 1 is 1.50 bits per heavy atom. The van der Waals surface area contributed by atoms with E-state index in [1.165, 1.54) is 2.91 Å². The molecule has 0 atom stereocenters. The standard InChI is InChI=1S/C9H8ClIS/c1-12-9(11)6-7-4-2-3-5-8(7)10/h2-6H,1H3/b9-6+. The molecule has 3 heteroatoms. The van der Waals surface area contributed by atoms with Crippen LogP contribution < -0.4 is 0 Å². The molecule has 0 bridgehead atoms. The van der Waals surface area contributed by atoms with Crippen molar-refractivity contribution in [2.24, 2.45) is 0 Å². The largest absolute Gasteiger partial charge is 0.123 e. The van der Waals surface area contributed by atoms with Crippen LogP contribution >= 0.6 is 46.0 Å². The zero-order chi connectivity index (χ0) is 8.97. The molecule has 0 spiro atoms. The van der Waals surface area contributed by atoms with Gasteiger partial charge in [0, 0.05) is 7.93 Å². The van der Waals surface area contributed by atoms with Gasteiger partial charge in [-0.3, -0.25) is 0 Å². The minimum atomic E-state index is 0.806. The van der Waals surface area contributed by atoms with Crippen molar-refractivity contribution in [3.05, 3.63) is 37.8 Å². The Labute approximate surface area is 95.5 Å². The van der Waals surface area contributed by atoms with Gasteiger partial charge in [0.25, 0.3) is 0 Å². The first-order valence-corrected chi connectivity index (χ1v) is 6.08.